The maximum absolute atomic E-state index is 12.2. The summed E-state index contributed by atoms with van der Waals surface area (Å²) in [6.07, 6.45) is 0.835. The van der Waals surface area contributed by atoms with Crippen LogP contribution in [0.5, 0.6) is 11.5 Å². The molecule has 0 atom stereocenters. The number of hydrogen-bond donors (Lipinski definition) is 0. The van der Waals surface area contributed by atoms with Gasteiger partial charge in [0.2, 0.25) is 0 Å². The van der Waals surface area contributed by atoms with Crippen LogP contribution in [0.25, 0.3) is 0 Å². The molecule has 0 saturated heterocycles. The Morgan fingerprint density at radius 2 is 1.91 bits per heavy atom. The molecule has 4 nitrogen and oxygen atoms in total. The molecule has 0 unspecified atom stereocenters. The number of aryl methyl sites for hydroxylation is 1. The Bertz CT molecular complexity index is 679. The van der Waals surface area contributed by atoms with E-state index in [1.165, 1.54) is 0 Å². The highest BCUT2D eigenvalue weighted by Crippen LogP contribution is 2.30. The maximum Gasteiger partial charge on any atom is 0.338 e. The molecule has 0 saturated carbocycles. The average molecular weight is 298 g/mol. The first-order chi connectivity index (χ1) is 10.7. The largest absolute Gasteiger partial charge is 0.490 e. The predicted octanol–water partition coefficient (Wildman–Crippen LogP) is 3.51. The van der Waals surface area contributed by atoms with Crippen LogP contribution in [-0.2, 0) is 11.3 Å². The summed E-state index contributed by atoms with van der Waals surface area (Å²) in [5.74, 6) is 0.910. The number of carbonyl (C=O) groups is 1. The minimum atomic E-state index is -0.364. The third-order valence-electron chi connectivity index (χ3n) is 3.44. The van der Waals surface area contributed by atoms with Gasteiger partial charge in [0.1, 0.15) is 6.61 Å². The Balaban J connectivity index is 1.68. The number of esters is 1. The molecule has 0 amide bonds. The van der Waals surface area contributed by atoms with Crippen molar-refractivity contribution in [3.05, 3.63) is 59.2 Å². The van der Waals surface area contributed by atoms with Crippen LogP contribution >= 0.6 is 0 Å². The summed E-state index contributed by atoms with van der Waals surface area (Å²) in [6, 6.07) is 13.0. The summed E-state index contributed by atoms with van der Waals surface area (Å²) in [4.78, 5) is 12.2. The topological polar surface area (TPSA) is 44.8 Å². The second-order valence-corrected chi connectivity index (χ2v) is 5.28. The molecule has 2 aromatic rings. The summed E-state index contributed by atoms with van der Waals surface area (Å²) in [6.45, 7) is 3.49. The van der Waals surface area contributed by atoms with E-state index in [2.05, 4.69) is 0 Å². The average Bonchev–Trinajstić information content (AvgIpc) is 2.77. The van der Waals surface area contributed by atoms with E-state index in [4.69, 9.17) is 14.2 Å². The van der Waals surface area contributed by atoms with Crippen molar-refractivity contribution in [1.29, 1.82) is 0 Å². The number of rotatable bonds is 3. The quantitative estimate of drug-likeness (QED) is 0.813. The Kier molecular flexibility index (Phi) is 4.28. The van der Waals surface area contributed by atoms with Crippen molar-refractivity contribution in [2.75, 3.05) is 13.2 Å². The van der Waals surface area contributed by atoms with Crippen molar-refractivity contribution in [1.82, 2.24) is 0 Å². The number of hydrogen-bond acceptors (Lipinski definition) is 4. The number of ether oxygens (including phenoxy) is 3. The van der Waals surface area contributed by atoms with Crippen molar-refractivity contribution in [3.8, 4) is 11.5 Å². The zero-order valence-electron chi connectivity index (χ0n) is 12.5. The standard InChI is InChI=1S/C18H18O4/c1-13-4-2-5-14(10-13)12-22-18(19)15-6-7-16-17(11-15)21-9-3-8-20-16/h2,4-7,10-11H,3,8-9,12H2,1H3. The molecule has 1 heterocycles. The molecule has 1 aliphatic rings. The zero-order valence-corrected chi connectivity index (χ0v) is 12.5. The Labute approximate surface area is 129 Å². The normalized spacial score (nSPS) is 13.3. The minimum Gasteiger partial charge on any atom is -0.490 e. The molecule has 0 radical (unpaired) electrons. The Hall–Kier alpha value is -2.49. The highest BCUT2D eigenvalue weighted by atomic mass is 16.5. The molecular formula is C18H18O4. The number of benzene rings is 2. The van der Waals surface area contributed by atoms with Gasteiger partial charge in [-0.15, -0.1) is 0 Å². The molecule has 0 bridgehead atoms. The summed E-state index contributed by atoms with van der Waals surface area (Å²) < 4.78 is 16.5. The fourth-order valence-electron chi connectivity index (χ4n) is 2.32. The van der Waals surface area contributed by atoms with Gasteiger partial charge in [0.05, 0.1) is 18.8 Å². The lowest BCUT2D eigenvalue weighted by Crippen LogP contribution is -2.06. The maximum atomic E-state index is 12.2. The van der Waals surface area contributed by atoms with Crippen molar-refractivity contribution in [2.24, 2.45) is 0 Å². The smallest absolute Gasteiger partial charge is 0.338 e. The van der Waals surface area contributed by atoms with E-state index in [0.29, 0.717) is 30.3 Å². The first-order valence-electron chi connectivity index (χ1n) is 7.35. The van der Waals surface area contributed by atoms with Crippen LogP contribution in [0, 0.1) is 6.92 Å². The van der Waals surface area contributed by atoms with Gasteiger partial charge >= 0.3 is 5.97 Å². The monoisotopic (exact) mass is 298 g/mol. The van der Waals surface area contributed by atoms with Crippen molar-refractivity contribution >= 4 is 5.97 Å². The van der Waals surface area contributed by atoms with Crippen LogP contribution in [0.2, 0.25) is 0 Å². The second kappa shape index (κ2) is 6.52. The predicted molar refractivity (Wildman–Crippen MR) is 82.3 cm³/mol. The lowest BCUT2D eigenvalue weighted by atomic mass is 10.1. The van der Waals surface area contributed by atoms with Crippen molar-refractivity contribution < 1.29 is 19.0 Å². The van der Waals surface area contributed by atoms with Crippen LogP contribution in [-0.4, -0.2) is 19.2 Å². The summed E-state index contributed by atoms with van der Waals surface area (Å²) in [7, 11) is 0. The summed E-state index contributed by atoms with van der Waals surface area (Å²) in [5, 5.41) is 0. The fraction of sp³-hybridized carbons (Fsp3) is 0.278. The van der Waals surface area contributed by atoms with Crippen molar-refractivity contribution in [2.45, 2.75) is 20.0 Å². The third-order valence-corrected chi connectivity index (χ3v) is 3.44. The van der Waals surface area contributed by atoms with Crippen LogP contribution < -0.4 is 9.47 Å². The first-order valence-corrected chi connectivity index (χ1v) is 7.35. The summed E-state index contributed by atoms with van der Waals surface area (Å²) in [5.41, 5.74) is 2.59. The molecule has 4 heteroatoms. The van der Waals surface area contributed by atoms with Gasteiger partial charge in [-0.3, -0.25) is 0 Å². The molecule has 3 rings (SSSR count). The van der Waals surface area contributed by atoms with E-state index in [-0.39, 0.29) is 12.6 Å². The van der Waals surface area contributed by atoms with Crippen molar-refractivity contribution in [3.63, 3.8) is 0 Å². The van der Waals surface area contributed by atoms with Gasteiger partial charge in [0, 0.05) is 6.42 Å². The van der Waals surface area contributed by atoms with Crippen LogP contribution in [0.15, 0.2) is 42.5 Å². The van der Waals surface area contributed by atoms with E-state index in [0.717, 1.165) is 17.5 Å². The molecule has 2 aromatic carbocycles. The van der Waals surface area contributed by atoms with Gasteiger partial charge in [-0.25, -0.2) is 4.79 Å². The lowest BCUT2D eigenvalue weighted by molar-refractivity contribution is 0.0472. The van der Waals surface area contributed by atoms with Gasteiger partial charge in [-0.1, -0.05) is 29.8 Å². The van der Waals surface area contributed by atoms with Crippen LogP contribution in [0.3, 0.4) is 0 Å². The highest BCUT2D eigenvalue weighted by Gasteiger charge is 2.15. The van der Waals surface area contributed by atoms with E-state index < -0.39 is 0 Å². The molecule has 0 aromatic heterocycles. The molecule has 0 aliphatic carbocycles. The molecule has 114 valence electrons. The molecule has 0 spiro atoms. The fourth-order valence-corrected chi connectivity index (χ4v) is 2.32. The van der Waals surface area contributed by atoms with E-state index in [1.54, 1.807) is 18.2 Å². The van der Waals surface area contributed by atoms with Crippen LogP contribution in [0.1, 0.15) is 27.9 Å². The van der Waals surface area contributed by atoms with Crippen LogP contribution in [0.4, 0.5) is 0 Å². The molecular weight excluding hydrogens is 280 g/mol. The molecule has 22 heavy (non-hydrogen) atoms. The van der Waals surface area contributed by atoms with E-state index in [1.807, 2.05) is 31.2 Å². The minimum absolute atomic E-state index is 0.259. The summed E-state index contributed by atoms with van der Waals surface area (Å²) >= 11 is 0. The van der Waals surface area contributed by atoms with Gasteiger partial charge in [-0.05, 0) is 30.7 Å². The Morgan fingerprint density at radius 3 is 2.73 bits per heavy atom. The van der Waals surface area contributed by atoms with Gasteiger partial charge in [0.15, 0.2) is 11.5 Å². The van der Waals surface area contributed by atoms with E-state index >= 15 is 0 Å². The second-order valence-electron chi connectivity index (χ2n) is 5.28. The van der Waals surface area contributed by atoms with Gasteiger partial charge in [-0.2, -0.15) is 0 Å². The van der Waals surface area contributed by atoms with E-state index in [9.17, 15) is 4.79 Å². The SMILES string of the molecule is Cc1cccc(COC(=O)c2ccc3c(c2)OCCCO3)c1. The molecule has 0 fully saturated rings. The highest BCUT2D eigenvalue weighted by molar-refractivity contribution is 5.90. The molecule has 1 aliphatic heterocycles. The first kappa shape index (κ1) is 14.4. The third kappa shape index (κ3) is 3.39. The zero-order chi connectivity index (χ0) is 15.4. The number of fused-ring (bicyclic) bond motifs is 1. The Morgan fingerprint density at radius 1 is 1.09 bits per heavy atom. The number of carbonyl (C=O) groups excluding carboxylic acids is 1. The van der Waals surface area contributed by atoms with Gasteiger partial charge in [0.25, 0.3) is 0 Å². The van der Waals surface area contributed by atoms with Gasteiger partial charge < -0.3 is 14.2 Å². The molecule has 0 N–H and O–H groups in total. The lowest BCUT2D eigenvalue weighted by Gasteiger charge is -2.09.